The summed E-state index contributed by atoms with van der Waals surface area (Å²) in [4.78, 5) is 40.5. The van der Waals surface area contributed by atoms with E-state index < -0.39 is 22.7 Å². The molecule has 0 saturated heterocycles. The number of nitrogens with zero attached hydrogens (tertiary/aromatic N) is 2. The van der Waals surface area contributed by atoms with Crippen LogP contribution in [0, 0.1) is 16.0 Å². The van der Waals surface area contributed by atoms with Gasteiger partial charge in [-0.3, -0.25) is 24.7 Å². The number of hydrogen-bond acceptors (Lipinski definition) is 6. The highest BCUT2D eigenvalue weighted by molar-refractivity contribution is 6.08. The summed E-state index contributed by atoms with van der Waals surface area (Å²) in [7, 11) is 0. The number of rotatable bonds is 4. The number of ether oxygens (including phenoxy) is 1. The van der Waals surface area contributed by atoms with Gasteiger partial charge >= 0.3 is 5.97 Å². The summed E-state index contributed by atoms with van der Waals surface area (Å²) in [5, 5.41) is 11.2. The van der Waals surface area contributed by atoms with Crippen molar-refractivity contribution in [1.29, 1.82) is 0 Å². The molecular formula is C19H20N2O5. The molecule has 2 atom stereocenters. The predicted octanol–water partition coefficient (Wildman–Crippen LogP) is 3.34. The van der Waals surface area contributed by atoms with Gasteiger partial charge in [0.25, 0.3) is 5.69 Å². The summed E-state index contributed by atoms with van der Waals surface area (Å²) >= 11 is 0. The summed E-state index contributed by atoms with van der Waals surface area (Å²) < 4.78 is 5.21. The second-order valence-corrected chi connectivity index (χ2v) is 6.45. The van der Waals surface area contributed by atoms with Gasteiger partial charge < -0.3 is 4.74 Å². The van der Waals surface area contributed by atoms with E-state index in [4.69, 9.17) is 4.74 Å². The lowest BCUT2D eigenvalue weighted by Crippen LogP contribution is -2.37. The fourth-order valence-electron chi connectivity index (χ4n) is 3.74. The van der Waals surface area contributed by atoms with Gasteiger partial charge in [0.1, 0.15) is 5.92 Å². The SMILES string of the molecule is CCOC(=O)C1C(C)=NC2=C(C(=O)CCC2)[C@@H]1c1cccc([N+](=O)[O-])c1. The molecule has 0 fully saturated rings. The number of non-ortho nitro benzene ring substituents is 1. The molecule has 0 saturated carbocycles. The molecule has 1 unspecified atom stereocenters. The zero-order valence-electron chi connectivity index (χ0n) is 14.7. The molecule has 0 bridgehead atoms. The molecule has 136 valence electrons. The van der Waals surface area contributed by atoms with Crippen molar-refractivity contribution in [2.24, 2.45) is 10.9 Å². The van der Waals surface area contributed by atoms with Crippen LogP contribution in [0.4, 0.5) is 5.69 Å². The first kappa shape index (κ1) is 18.0. The van der Waals surface area contributed by atoms with Gasteiger partial charge in [0.2, 0.25) is 0 Å². The maximum absolute atomic E-state index is 12.7. The van der Waals surface area contributed by atoms with Crippen LogP contribution in [0.2, 0.25) is 0 Å². The van der Waals surface area contributed by atoms with Crippen LogP contribution >= 0.6 is 0 Å². The number of hydrogen-bond donors (Lipinski definition) is 0. The molecule has 0 radical (unpaired) electrons. The van der Waals surface area contributed by atoms with Gasteiger partial charge in [-0.1, -0.05) is 12.1 Å². The van der Waals surface area contributed by atoms with Crippen LogP contribution in [-0.4, -0.2) is 29.0 Å². The lowest BCUT2D eigenvalue weighted by molar-refractivity contribution is -0.384. The molecule has 1 aliphatic carbocycles. The van der Waals surface area contributed by atoms with Gasteiger partial charge in [0.05, 0.1) is 11.5 Å². The third-order valence-electron chi connectivity index (χ3n) is 4.82. The van der Waals surface area contributed by atoms with Gasteiger partial charge in [-0.25, -0.2) is 0 Å². The first-order valence-electron chi connectivity index (χ1n) is 8.66. The third-order valence-corrected chi connectivity index (χ3v) is 4.82. The molecule has 1 heterocycles. The second kappa shape index (κ2) is 7.19. The van der Waals surface area contributed by atoms with E-state index in [2.05, 4.69) is 4.99 Å². The van der Waals surface area contributed by atoms with Crippen LogP contribution in [-0.2, 0) is 14.3 Å². The Kier molecular flexibility index (Phi) is 4.97. The van der Waals surface area contributed by atoms with E-state index in [-0.39, 0.29) is 18.1 Å². The smallest absolute Gasteiger partial charge is 0.315 e. The Labute approximate surface area is 150 Å². The number of carbonyl (C=O) groups excluding carboxylic acids is 2. The van der Waals surface area contributed by atoms with Crippen LogP contribution in [0.1, 0.15) is 44.6 Å². The van der Waals surface area contributed by atoms with E-state index >= 15 is 0 Å². The Hall–Kier alpha value is -2.83. The molecule has 0 amide bonds. The fraction of sp³-hybridized carbons (Fsp3) is 0.421. The Morgan fingerprint density at radius 2 is 2.15 bits per heavy atom. The highest BCUT2D eigenvalue weighted by atomic mass is 16.6. The van der Waals surface area contributed by atoms with Crippen molar-refractivity contribution in [3.05, 3.63) is 51.2 Å². The summed E-state index contributed by atoms with van der Waals surface area (Å²) in [5.74, 6) is -1.87. The van der Waals surface area contributed by atoms with Gasteiger partial charge in [0, 0.05) is 41.5 Å². The number of carbonyl (C=O) groups is 2. The number of nitro benzene ring substituents is 1. The second-order valence-electron chi connectivity index (χ2n) is 6.45. The van der Waals surface area contributed by atoms with Crippen LogP contribution in [0.3, 0.4) is 0 Å². The molecule has 2 aliphatic rings. The highest BCUT2D eigenvalue weighted by Crippen LogP contribution is 2.44. The average molecular weight is 356 g/mol. The van der Waals surface area contributed by atoms with Crippen molar-refractivity contribution in [2.45, 2.75) is 39.0 Å². The minimum atomic E-state index is -0.752. The van der Waals surface area contributed by atoms with Crippen molar-refractivity contribution in [3.63, 3.8) is 0 Å². The fourth-order valence-corrected chi connectivity index (χ4v) is 3.74. The topological polar surface area (TPSA) is 98.9 Å². The zero-order valence-corrected chi connectivity index (χ0v) is 14.7. The summed E-state index contributed by atoms with van der Waals surface area (Å²) in [5.41, 5.74) is 2.26. The Morgan fingerprint density at radius 1 is 1.38 bits per heavy atom. The molecule has 3 rings (SSSR count). The molecule has 1 aromatic carbocycles. The van der Waals surface area contributed by atoms with Gasteiger partial charge in [-0.15, -0.1) is 0 Å². The summed E-state index contributed by atoms with van der Waals surface area (Å²) in [6.45, 7) is 3.67. The summed E-state index contributed by atoms with van der Waals surface area (Å²) in [6.07, 6.45) is 1.79. The minimum Gasteiger partial charge on any atom is -0.465 e. The van der Waals surface area contributed by atoms with E-state index in [1.807, 2.05) is 0 Å². The van der Waals surface area contributed by atoms with E-state index in [1.165, 1.54) is 12.1 Å². The molecule has 0 spiro atoms. The monoisotopic (exact) mass is 356 g/mol. The molecule has 7 nitrogen and oxygen atoms in total. The summed E-state index contributed by atoms with van der Waals surface area (Å²) in [6, 6.07) is 6.12. The maximum atomic E-state index is 12.7. The van der Waals surface area contributed by atoms with Crippen molar-refractivity contribution >= 4 is 23.2 Å². The Bertz CT molecular complexity index is 840. The van der Waals surface area contributed by atoms with Crippen molar-refractivity contribution < 1.29 is 19.2 Å². The number of ketones is 1. The molecule has 26 heavy (non-hydrogen) atoms. The predicted molar refractivity (Wildman–Crippen MR) is 95.0 cm³/mol. The molecule has 7 heteroatoms. The van der Waals surface area contributed by atoms with Gasteiger partial charge in [-0.2, -0.15) is 0 Å². The van der Waals surface area contributed by atoms with Crippen LogP contribution in [0.25, 0.3) is 0 Å². The van der Waals surface area contributed by atoms with Gasteiger partial charge in [0.15, 0.2) is 5.78 Å². The van der Waals surface area contributed by atoms with Crippen LogP contribution in [0.15, 0.2) is 40.5 Å². The van der Waals surface area contributed by atoms with Crippen molar-refractivity contribution in [2.75, 3.05) is 6.61 Å². The number of esters is 1. The quantitative estimate of drug-likeness (QED) is 0.468. The average Bonchev–Trinajstić information content (AvgIpc) is 2.61. The molecule has 1 aromatic rings. The minimum absolute atomic E-state index is 0.0479. The van der Waals surface area contributed by atoms with Crippen LogP contribution in [0.5, 0.6) is 0 Å². The number of nitro groups is 1. The lowest BCUT2D eigenvalue weighted by Gasteiger charge is -2.34. The number of allylic oxidation sites excluding steroid dienone is 2. The lowest BCUT2D eigenvalue weighted by atomic mass is 9.71. The first-order valence-corrected chi connectivity index (χ1v) is 8.66. The Balaban J connectivity index is 2.17. The molecule has 0 N–H and O–H groups in total. The van der Waals surface area contributed by atoms with Gasteiger partial charge in [-0.05, 0) is 32.3 Å². The van der Waals surface area contributed by atoms with E-state index in [0.717, 1.165) is 6.42 Å². The molecule has 1 aliphatic heterocycles. The van der Waals surface area contributed by atoms with Crippen molar-refractivity contribution in [3.8, 4) is 0 Å². The number of benzene rings is 1. The third kappa shape index (κ3) is 3.16. The maximum Gasteiger partial charge on any atom is 0.315 e. The Morgan fingerprint density at radius 3 is 2.85 bits per heavy atom. The number of aliphatic imine (C=N–C) groups is 1. The first-order chi connectivity index (χ1) is 12.4. The number of Topliss-reactive ketones (excluding diaryl/α,β-unsaturated/α-hetero) is 1. The van der Waals surface area contributed by atoms with E-state index in [0.29, 0.717) is 35.4 Å². The van der Waals surface area contributed by atoms with E-state index in [9.17, 15) is 19.7 Å². The largest absolute Gasteiger partial charge is 0.465 e. The highest BCUT2D eigenvalue weighted by Gasteiger charge is 2.43. The zero-order chi connectivity index (χ0) is 18.8. The normalized spacial score (nSPS) is 22.5. The van der Waals surface area contributed by atoms with E-state index in [1.54, 1.807) is 26.0 Å². The van der Waals surface area contributed by atoms with Crippen LogP contribution < -0.4 is 0 Å². The molecular weight excluding hydrogens is 336 g/mol. The standard InChI is InChI=1S/C19H20N2O5/c1-3-26-19(23)16-11(2)20-14-8-5-9-15(22)18(14)17(16)12-6-4-7-13(10-12)21(24)25/h4,6-7,10,16-17H,3,5,8-9H2,1-2H3/t16?,17-/m1/s1. The molecule has 0 aromatic heterocycles. The van der Waals surface area contributed by atoms with Crippen molar-refractivity contribution in [1.82, 2.24) is 0 Å².